The zero-order valence-electron chi connectivity index (χ0n) is 13.5. The van der Waals surface area contributed by atoms with Crippen LogP contribution in [0, 0.1) is 5.82 Å². The molecule has 0 radical (unpaired) electrons. The maximum Gasteiger partial charge on any atom is 0.282 e. The summed E-state index contributed by atoms with van der Waals surface area (Å²) >= 11 is 1.37. The second-order valence-corrected chi connectivity index (χ2v) is 6.50. The Balaban J connectivity index is 1.87. The molecule has 0 fully saturated rings. The molecule has 2 heterocycles. The molecule has 0 aliphatic carbocycles. The van der Waals surface area contributed by atoms with Crippen molar-refractivity contribution in [2.75, 3.05) is 13.2 Å². The van der Waals surface area contributed by atoms with E-state index < -0.39 is 11.7 Å². The fourth-order valence-electron chi connectivity index (χ4n) is 2.78. The van der Waals surface area contributed by atoms with Crippen LogP contribution in [0.3, 0.4) is 0 Å². The van der Waals surface area contributed by atoms with Crippen molar-refractivity contribution >= 4 is 27.5 Å². The van der Waals surface area contributed by atoms with Gasteiger partial charge in [-0.2, -0.15) is 4.99 Å². The third-order valence-corrected chi connectivity index (χ3v) is 5.01. The summed E-state index contributed by atoms with van der Waals surface area (Å²) in [6.45, 7) is 3.62. The van der Waals surface area contributed by atoms with Crippen molar-refractivity contribution < 1.29 is 18.7 Å². The Kier molecular flexibility index (Phi) is 4.01. The van der Waals surface area contributed by atoms with Crippen molar-refractivity contribution in [3.63, 3.8) is 0 Å². The lowest BCUT2D eigenvalue weighted by molar-refractivity contribution is 0.0994. The quantitative estimate of drug-likeness (QED) is 0.706. The van der Waals surface area contributed by atoms with Crippen molar-refractivity contribution in [1.82, 2.24) is 4.57 Å². The highest BCUT2D eigenvalue weighted by Gasteiger charge is 2.17. The van der Waals surface area contributed by atoms with Gasteiger partial charge in [-0.3, -0.25) is 4.79 Å². The van der Waals surface area contributed by atoms with Gasteiger partial charge in [-0.15, -0.1) is 0 Å². The molecule has 1 aliphatic heterocycles. The maximum atomic E-state index is 13.8. The molecule has 0 saturated carbocycles. The van der Waals surface area contributed by atoms with E-state index in [0.29, 0.717) is 36.1 Å². The topological polar surface area (TPSA) is 52.8 Å². The lowest BCUT2D eigenvalue weighted by Gasteiger charge is -2.18. The van der Waals surface area contributed by atoms with Gasteiger partial charge in [0.1, 0.15) is 19.0 Å². The summed E-state index contributed by atoms with van der Waals surface area (Å²) in [6, 6.07) is 9.65. The van der Waals surface area contributed by atoms with Crippen LogP contribution < -0.4 is 14.3 Å². The minimum atomic E-state index is -0.593. The van der Waals surface area contributed by atoms with Crippen LogP contribution in [0.15, 0.2) is 41.4 Å². The van der Waals surface area contributed by atoms with Gasteiger partial charge in [-0.25, -0.2) is 4.39 Å². The van der Waals surface area contributed by atoms with Crippen LogP contribution in [-0.4, -0.2) is 23.7 Å². The molecule has 1 aliphatic rings. The van der Waals surface area contributed by atoms with Crippen molar-refractivity contribution in [1.29, 1.82) is 0 Å². The minimum Gasteiger partial charge on any atom is -0.486 e. The Labute approximate surface area is 147 Å². The Morgan fingerprint density at radius 2 is 1.96 bits per heavy atom. The van der Waals surface area contributed by atoms with Crippen molar-refractivity contribution in [3.05, 3.63) is 52.6 Å². The lowest BCUT2D eigenvalue weighted by Crippen LogP contribution is -2.17. The molecule has 5 nitrogen and oxygen atoms in total. The lowest BCUT2D eigenvalue weighted by atomic mass is 10.2. The number of ether oxygens (including phenoxy) is 2. The second-order valence-electron chi connectivity index (χ2n) is 5.49. The Morgan fingerprint density at radius 1 is 1.24 bits per heavy atom. The number of carbonyl (C=O) groups is 1. The van der Waals surface area contributed by atoms with E-state index in [0.717, 1.165) is 10.2 Å². The molecule has 3 aromatic rings. The van der Waals surface area contributed by atoms with Gasteiger partial charge in [0.15, 0.2) is 16.3 Å². The molecule has 4 rings (SSSR count). The largest absolute Gasteiger partial charge is 0.486 e. The highest BCUT2D eigenvalue weighted by atomic mass is 32.1. The van der Waals surface area contributed by atoms with E-state index in [4.69, 9.17) is 9.47 Å². The number of hydrogen-bond acceptors (Lipinski definition) is 4. The first-order valence-corrected chi connectivity index (χ1v) is 8.75. The first-order chi connectivity index (χ1) is 12.2. The average Bonchev–Trinajstić information content (AvgIpc) is 2.95. The number of fused-ring (bicyclic) bond motifs is 2. The Bertz CT molecular complexity index is 1040. The number of benzene rings is 2. The van der Waals surface area contributed by atoms with Crippen LogP contribution >= 0.6 is 11.3 Å². The number of nitrogens with zero attached hydrogens (tertiary/aromatic N) is 2. The van der Waals surface area contributed by atoms with Gasteiger partial charge in [-0.05, 0) is 19.1 Å². The van der Waals surface area contributed by atoms with Crippen molar-refractivity contribution in [2.24, 2.45) is 4.99 Å². The maximum absolute atomic E-state index is 13.8. The predicted octanol–water partition coefficient (Wildman–Crippen LogP) is 3.37. The van der Waals surface area contributed by atoms with Crippen LogP contribution in [0.2, 0.25) is 0 Å². The number of aryl methyl sites for hydroxylation is 1. The van der Waals surface area contributed by atoms with Gasteiger partial charge < -0.3 is 14.0 Å². The van der Waals surface area contributed by atoms with E-state index in [2.05, 4.69) is 4.99 Å². The number of halogens is 1. The fraction of sp³-hybridized carbons (Fsp3) is 0.222. The summed E-state index contributed by atoms with van der Waals surface area (Å²) in [5.74, 6) is 0.211. The smallest absolute Gasteiger partial charge is 0.282 e. The molecule has 128 valence electrons. The molecule has 0 atom stereocenters. The fourth-order valence-corrected chi connectivity index (χ4v) is 3.88. The third kappa shape index (κ3) is 2.80. The number of hydrogen-bond donors (Lipinski definition) is 0. The summed E-state index contributed by atoms with van der Waals surface area (Å²) in [7, 11) is 0. The molecule has 2 aromatic carbocycles. The number of amides is 1. The zero-order valence-corrected chi connectivity index (χ0v) is 14.3. The third-order valence-electron chi connectivity index (χ3n) is 3.96. The highest BCUT2D eigenvalue weighted by Crippen LogP contribution is 2.35. The monoisotopic (exact) mass is 358 g/mol. The summed E-state index contributed by atoms with van der Waals surface area (Å²) in [4.78, 5) is 17.0. The second kappa shape index (κ2) is 6.33. The van der Waals surface area contributed by atoms with Crippen LogP contribution in [0.1, 0.15) is 17.3 Å². The molecule has 25 heavy (non-hydrogen) atoms. The molecule has 1 aromatic heterocycles. The van der Waals surface area contributed by atoms with E-state index in [9.17, 15) is 9.18 Å². The SMILES string of the molecule is CCn1c(=NC(=O)c2ccccc2F)sc2cc3c(cc21)OCCO3. The molecule has 0 bridgehead atoms. The minimum absolute atomic E-state index is 0.0337. The van der Waals surface area contributed by atoms with Crippen LogP contribution in [-0.2, 0) is 6.54 Å². The molecule has 0 unspecified atom stereocenters. The van der Waals surface area contributed by atoms with Crippen LogP contribution in [0.4, 0.5) is 4.39 Å². The summed E-state index contributed by atoms with van der Waals surface area (Å²) in [6.07, 6.45) is 0. The molecule has 0 spiro atoms. The Morgan fingerprint density at radius 3 is 2.68 bits per heavy atom. The van der Waals surface area contributed by atoms with E-state index in [1.807, 2.05) is 23.6 Å². The summed E-state index contributed by atoms with van der Waals surface area (Å²) in [5, 5.41) is 0. The van der Waals surface area contributed by atoms with Gasteiger partial charge in [-0.1, -0.05) is 23.5 Å². The number of carbonyl (C=O) groups excluding carboxylic acids is 1. The average molecular weight is 358 g/mol. The van der Waals surface area contributed by atoms with E-state index in [1.54, 1.807) is 12.1 Å². The molecule has 0 N–H and O–H groups in total. The first-order valence-electron chi connectivity index (χ1n) is 7.94. The number of thiazole rings is 1. The van der Waals surface area contributed by atoms with E-state index in [1.165, 1.54) is 23.5 Å². The zero-order chi connectivity index (χ0) is 17.4. The van der Waals surface area contributed by atoms with Gasteiger partial charge in [0, 0.05) is 18.7 Å². The van der Waals surface area contributed by atoms with Gasteiger partial charge in [0.2, 0.25) is 0 Å². The van der Waals surface area contributed by atoms with Crippen molar-refractivity contribution in [3.8, 4) is 11.5 Å². The van der Waals surface area contributed by atoms with E-state index in [-0.39, 0.29) is 5.56 Å². The standard InChI is InChI=1S/C18H15FN2O3S/c1-2-21-13-9-14-15(24-8-7-23-14)10-16(13)25-18(21)20-17(22)11-5-3-4-6-12(11)19/h3-6,9-10H,2,7-8H2,1H3. The first kappa shape index (κ1) is 15.8. The molecule has 1 amide bonds. The normalized spacial score (nSPS) is 14.1. The van der Waals surface area contributed by atoms with Crippen LogP contribution in [0.5, 0.6) is 11.5 Å². The molecular formula is C18H15FN2O3S. The molecule has 7 heteroatoms. The van der Waals surface area contributed by atoms with Crippen molar-refractivity contribution in [2.45, 2.75) is 13.5 Å². The number of rotatable bonds is 2. The van der Waals surface area contributed by atoms with Gasteiger partial charge >= 0.3 is 0 Å². The summed E-state index contributed by atoms with van der Waals surface area (Å²) in [5.41, 5.74) is 0.880. The highest BCUT2D eigenvalue weighted by molar-refractivity contribution is 7.16. The van der Waals surface area contributed by atoms with Gasteiger partial charge in [0.05, 0.1) is 15.8 Å². The van der Waals surface area contributed by atoms with E-state index >= 15 is 0 Å². The Hall–Kier alpha value is -2.67. The predicted molar refractivity (Wildman–Crippen MR) is 92.8 cm³/mol. The van der Waals surface area contributed by atoms with Crippen LogP contribution in [0.25, 0.3) is 10.2 Å². The molecule has 0 saturated heterocycles. The van der Waals surface area contributed by atoms with Gasteiger partial charge in [0.25, 0.3) is 5.91 Å². The molecular weight excluding hydrogens is 343 g/mol. The number of aromatic nitrogens is 1. The summed E-state index contributed by atoms with van der Waals surface area (Å²) < 4.78 is 27.9.